The van der Waals surface area contributed by atoms with E-state index in [-0.39, 0.29) is 0 Å². The lowest BCUT2D eigenvalue weighted by molar-refractivity contribution is -0.131. The van der Waals surface area contributed by atoms with Crippen molar-refractivity contribution in [1.82, 2.24) is 0 Å². The standard InChI is InChI=1S/C9H7FO5S/c1-16(14,15)6-4-2-3-5(10)7(6)8(11)9(12)13/h2-4H,1H3,(H,12,13). The number of Topliss-reactive ketones (excluding diaryl/α,β-unsaturated/α-hetero) is 1. The van der Waals surface area contributed by atoms with E-state index in [0.717, 1.165) is 24.5 Å². The van der Waals surface area contributed by atoms with Crippen molar-refractivity contribution in [3.63, 3.8) is 0 Å². The number of carbonyl (C=O) groups is 2. The molecule has 1 rings (SSSR count). The number of hydrogen-bond donors (Lipinski definition) is 1. The van der Waals surface area contributed by atoms with Gasteiger partial charge in [0, 0.05) is 6.26 Å². The predicted octanol–water partition coefficient (Wildman–Crippen LogP) is 0.497. The van der Waals surface area contributed by atoms with E-state index in [2.05, 4.69) is 0 Å². The third-order valence-corrected chi connectivity index (χ3v) is 2.94. The normalized spacial score (nSPS) is 11.1. The lowest BCUT2D eigenvalue weighted by Crippen LogP contribution is -2.18. The number of aliphatic carboxylic acids is 1. The quantitative estimate of drug-likeness (QED) is 0.619. The Hall–Kier alpha value is -1.76. The zero-order chi connectivity index (χ0) is 12.5. The van der Waals surface area contributed by atoms with Crippen molar-refractivity contribution in [2.45, 2.75) is 4.90 Å². The highest BCUT2D eigenvalue weighted by Gasteiger charge is 2.26. The number of halogens is 1. The molecule has 0 spiro atoms. The van der Waals surface area contributed by atoms with Gasteiger partial charge in [-0.15, -0.1) is 0 Å². The van der Waals surface area contributed by atoms with Gasteiger partial charge in [0.1, 0.15) is 5.82 Å². The number of carbonyl (C=O) groups excluding carboxylic acids is 1. The molecule has 0 saturated heterocycles. The van der Waals surface area contributed by atoms with Gasteiger partial charge in [0.05, 0.1) is 10.5 Å². The fourth-order valence-electron chi connectivity index (χ4n) is 1.14. The summed E-state index contributed by atoms with van der Waals surface area (Å²) in [5.74, 6) is -4.66. The van der Waals surface area contributed by atoms with Crippen LogP contribution in [-0.2, 0) is 14.6 Å². The Kier molecular flexibility index (Phi) is 3.09. The summed E-state index contributed by atoms with van der Waals surface area (Å²) >= 11 is 0. The lowest BCUT2D eigenvalue weighted by atomic mass is 10.1. The first kappa shape index (κ1) is 12.3. The molecule has 1 N–H and O–H groups in total. The molecule has 0 amide bonds. The first-order valence-electron chi connectivity index (χ1n) is 4.01. The van der Waals surface area contributed by atoms with E-state index in [9.17, 15) is 22.4 Å². The maximum atomic E-state index is 13.2. The van der Waals surface area contributed by atoms with Crippen LogP contribution in [0.15, 0.2) is 23.1 Å². The fraction of sp³-hybridized carbons (Fsp3) is 0.111. The molecule has 0 aromatic heterocycles. The molecule has 0 heterocycles. The molecule has 86 valence electrons. The highest BCUT2D eigenvalue weighted by molar-refractivity contribution is 7.90. The number of ketones is 1. The van der Waals surface area contributed by atoms with E-state index in [0.29, 0.717) is 0 Å². The Morgan fingerprint density at radius 2 is 1.88 bits per heavy atom. The van der Waals surface area contributed by atoms with Crippen molar-refractivity contribution in [2.24, 2.45) is 0 Å². The molecule has 0 fully saturated rings. The van der Waals surface area contributed by atoms with Crippen LogP contribution in [0.3, 0.4) is 0 Å². The molecule has 7 heteroatoms. The molecule has 0 bridgehead atoms. The van der Waals surface area contributed by atoms with E-state index in [1.54, 1.807) is 0 Å². The summed E-state index contributed by atoms with van der Waals surface area (Å²) in [6.45, 7) is 0. The summed E-state index contributed by atoms with van der Waals surface area (Å²) in [6, 6.07) is 2.89. The maximum Gasteiger partial charge on any atom is 0.377 e. The summed E-state index contributed by atoms with van der Waals surface area (Å²) in [5, 5.41) is 8.44. The molecule has 0 unspecified atom stereocenters. The number of carboxylic acid groups (broad SMARTS) is 1. The van der Waals surface area contributed by atoms with E-state index >= 15 is 0 Å². The van der Waals surface area contributed by atoms with Crippen molar-refractivity contribution in [3.05, 3.63) is 29.6 Å². The van der Waals surface area contributed by atoms with E-state index in [1.165, 1.54) is 0 Å². The number of carboxylic acids is 1. The summed E-state index contributed by atoms with van der Waals surface area (Å²) in [7, 11) is -3.86. The predicted molar refractivity (Wildman–Crippen MR) is 51.5 cm³/mol. The zero-order valence-electron chi connectivity index (χ0n) is 8.10. The highest BCUT2D eigenvalue weighted by atomic mass is 32.2. The number of rotatable bonds is 3. The van der Waals surface area contributed by atoms with Crippen LogP contribution in [0.1, 0.15) is 10.4 Å². The van der Waals surface area contributed by atoms with Crippen LogP contribution in [0.4, 0.5) is 4.39 Å². The minimum Gasteiger partial charge on any atom is -0.475 e. The van der Waals surface area contributed by atoms with Gasteiger partial charge in [-0.2, -0.15) is 0 Å². The second-order valence-corrected chi connectivity index (χ2v) is 5.00. The lowest BCUT2D eigenvalue weighted by Gasteiger charge is -2.05. The molecule has 1 aromatic rings. The Morgan fingerprint density at radius 3 is 2.31 bits per heavy atom. The van der Waals surface area contributed by atoms with Gasteiger partial charge in [-0.3, -0.25) is 4.79 Å². The van der Waals surface area contributed by atoms with Gasteiger partial charge < -0.3 is 5.11 Å². The highest BCUT2D eigenvalue weighted by Crippen LogP contribution is 2.19. The Balaban J connectivity index is 3.60. The molecule has 0 atom stereocenters. The molecule has 16 heavy (non-hydrogen) atoms. The average Bonchev–Trinajstić information content (AvgIpc) is 2.14. The molecule has 0 saturated carbocycles. The third kappa shape index (κ3) is 2.25. The Bertz CT molecular complexity index is 561. The molecule has 0 radical (unpaired) electrons. The van der Waals surface area contributed by atoms with E-state index in [4.69, 9.17) is 5.11 Å². The minimum atomic E-state index is -3.86. The molecular formula is C9H7FO5S. The van der Waals surface area contributed by atoms with Gasteiger partial charge >= 0.3 is 5.97 Å². The second kappa shape index (κ2) is 4.01. The van der Waals surface area contributed by atoms with Gasteiger partial charge in [0.25, 0.3) is 5.78 Å². The van der Waals surface area contributed by atoms with Crippen LogP contribution in [0.25, 0.3) is 0 Å². The van der Waals surface area contributed by atoms with Crippen LogP contribution in [0, 0.1) is 5.82 Å². The summed E-state index contributed by atoms with van der Waals surface area (Å²) in [5.41, 5.74) is -0.933. The van der Waals surface area contributed by atoms with Crippen molar-refractivity contribution in [2.75, 3.05) is 6.26 Å². The van der Waals surface area contributed by atoms with Gasteiger partial charge in [-0.05, 0) is 12.1 Å². The van der Waals surface area contributed by atoms with Crippen LogP contribution in [-0.4, -0.2) is 31.5 Å². The molecule has 5 nitrogen and oxygen atoms in total. The number of hydrogen-bond acceptors (Lipinski definition) is 4. The largest absolute Gasteiger partial charge is 0.475 e. The van der Waals surface area contributed by atoms with Crippen molar-refractivity contribution < 1.29 is 27.5 Å². The number of benzene rings is 1. The van der Waals surface area contributed by atoms with Crippen LogP contribution in [0.5, 0.6) is 0 Å². The minimum absolute atomic E-state index is 0.625. The van der Waals surface area contributed by atoms with E-state index < -0.39 is 37.9 Å². The third-order valence-electron chi connectivity index (χ3n) is 1.80. The monoisotopic (exact) mass is 246 g/mol. The van der Waals surface area contributed by atoms with Crippen LogP contribution in [0.2, 0.25) is 0 Å². The Morgan fingerprint density at radius 1 is 1.31 bits per heavy atom. The van der Waals surface area contributed by atoms with Crippen LogP contribution >= 0.6 is 0 Å². The maximum absolute atomic E-state index is 13.2. The first-order valence-corrected chi connectivity index (χ1v) is 5.90. The SMILES string of the molecule is CS(=O)(=O)c1cccc(F)c1C(=O)C(=O)O. The molecule has 1 aromatic carbocycles. The first-order chi connectivity index (χ1) is 7.25. The summed E-state index contributed by atoms with van der Waals surface area (Å²) in [4.78, 5) is 20.9. The summed E-state index contributed by atoms with van der Waals surface area (Å²) < 4.78 is 35.7. The van der Waals surface area contributed by atoms with Gasteiger partial charge in [0.2, 0.25) is 0 Å². The smallest absolute Gasteiger partial charge is 0.377 e. The average molecular weight is 246 g/mol. The Labute approximate surface area is 90.4 Å². The summed E-state index contributed by atoms with van der Waals surface area (Å²) in [6.07, 6.45) is 0.764. The van der Waals surface area contributed by atoms with Gasteiger partial charge in [-0.1, -0.05) is 6.07 Å². The number of sulfone groups is 1. The van der Waals surface area contributed by atoms with Crippen molar-refractivity contribution in [3.8, 4) is 0 Å². The molecule has 0 aliphatic carbocycles. The molecule has 0 aliphatic heterocycles. The van der Waals surface area contributed by atoms with Gasteiger partial charge in [0.15, 0.2) is 9.84 Å². The second-order valence-electron chi connectivity index (χ2n) is 3.02. The topological polar surface area (TPSA) is 88.5 Å². The molecule has 0 aliphatic rings. The van der Waals surface area contributed by atoms with Crippen molar-refractivity contribution in [1.29, 1.82) is 0 Å². The molecular weight excluding hydrogens is 239 g/mol. The van der Waals surface area contributed by atoms with Crippen molar-refractivity contribution >= 4 is 21.6 Å². The zero-order valence-corrected chi connectivity index (χ0v) is 8.91. The van der Waals surface area contributed by atoms with Crippen LogP contribution < -0.4 is 0 Å². The fourth-order valence-corrected chi connectivity index (χ4v) is 2.03. The van der Waals surface area contributed by atoms with E-state index in [1.807, 2.05) is 0 Å². The van der Waals surface area contributed by atoms with Gasteiger partial charge in [-0.25, -0.2) is 17.6 Å².